The van der Waals surface area contributed by atoms with Gasteiger partial charge in [-0.25, -0.2) is 4.79 Å². The van der Waals surface area contributed by atoms with Crippen LogP contribution in [-0.2, 0) is 11.0 Å². The molecule has 1 aromatic rings. The molecule has 0 radical (unpaired) electrons. The lowest BCUT2D eigenvalue weighted by molar-refractivity contribution is -0.915. The first-order valence-electron chi connectivity index (χ1n) is 9.14. The topological polar surface area (TPSA) is 100 Å². The summed E-state index contributed by atoms with van der Waals surface area (Å²) in [5, 5.41) is 13.9. The lowest BCUT2D eigenvalue weighted by atomic mass is 10.1. The van der Waals surface area contributed by atoms with E-state index >= 15 is 0 Å². The van der Waals surface area contributed by atoms with E-state index in [9.17, 15) is 32.9 Å². The largest absolute Gasteiger partial charge is 0.416 e. The molecule has 3 amide bonds. The maximum absolute atomic E-state index is 12.9. The van der Waals surface area contributed by atoms with E-state index < -0.39 is 34.4 Å². The normalized spacial score (nSPS) is 19.2. The number of rotatable bonds is 4. The molecule has 2 aliphatic rings. The van der Waals surface area contributed by atoms with Crippen LogP contribution in [0.15, 0.2) is 18.2 Å². The molecule has 1 aromatic carbocycles. The smallest absolute Gasteiger partial charge is 0.355 e. The summed E-state index contributed by atoms with van der Waals surface area (Å²) in [4.78, 5) is 38.4. The molecule has 0 aromatic heterocycles. The molecule has 0 bridgehead atoms. The van der Waals surface area contributed by atoms with E-state index in [0.717, 1.165) is 17.0 Å². The molecule has 9 nitrogen and oxygen atoms in total. The number of piperazine rings is 1. The molecule has 1 atom stereocenters. The summed E-state index contributed by atoms with van der Waals surface area (Å²) in [5.41, 5.74) is -1.54. The van der Waals surface area contributed by atoms with Crippen molar-refractivity contribution >= 4 is 23.3 Å². The highest BCUT2D eigenvalue weighted by molar-refractivity contribution is 5.97. The number of halogens is 3. The minimum Gasteiger partial charge on any atom is -0.355 e. The molecule has 2 saturated heterocycles. The molecule has 158 valence electrons. The molecule has 2 N–H and O–H groups in total. The van der Waals surface area contributed by atoms with Crippen molar-refractivity contribution in [3.63, 3.8) is 0 Å². The quantitative estimate of drug-likeness (QED) is 0.542. The first-order chi connectivity index (χ1) is 13.6. The van der Waals surface area contributed by atoms with Crippen molar-refractivity contribution in [3.05, 3.63) is 33.9 Å². The van der Waals surface area contributed by atoms with Crippen LogP contribution < -0.4 is 15.1 Å². The Morgan fingerprint density at radius 1 is 1.28 bits per heavy atom. The zero-order chi connectivity index (χ0) is 21.3. The molecule has 2 fully saturated rings. The van der Waals surface area contributed by atoms with Gasteiger partial charge in [0.15, 0.2) is 6.04 Å². The van der Waals surface area contributed by atoms with Gasteiger partial charge >= 0.3 is 12.2 Å². The second kappa shape index (κ2) is 7.85. The lowest BCUT2D eigenvalue weighted by Crippen LogP contribution is -3.19. The Morgan fingerprint density at radius 2 is 1.93 bits per heavy atom. The minimum atomic E-state index is -4.66. The number of anilines is 1. The van der Waals surface area contributed by atoms with Crippen molar-refractivity contribution in [1.82, 2.24) is 10.2 Å². The van der Waals surface area contributed by atoms with E-state index in [1.54, 1.807) is 11.8 Å². The summed E-state index contributed by atoms with van der Waals surface area (Å²) in [5.74, 6) is -0.288. The van der Waals surface area contributed by atoms with Gasteiger partial charge in [0, 0.05) is 19.2 Å². The standard InChI is InChI=1S/C17H20F3N5O4/c1-11(15(26)24-5-4-21-16(24)27)22-6-8-23(9-7-22)13-3-2-12(17(18,19)20)10-14(13)25(28)29/h2-3,10-11H,4-9H2,1H3,(H,21,27)/p+1/t11-/m0/s1. The first kappa shape index (κ1) is 20.8. The molecule has 12 heteroatoms. The molecule has 3 rings (SSSR count). The number of amides is 3. The van der Waals surface area contributed by atoms with E-state index in [1.807, 2.05) is 0 Å². The SMILES string of the molecule is C[C@@H](C(=O)N1CCNC1=O)[NH+]1CCN(c2ccc(C(F)(F)F)cc2[N+](=O)[O-])CC1. The van der Waals surface area contributed by atoms with Gasteiger partial charge in [-0.1, -0.05) is 0 Å². The number of nitrogens with one attached hydrogen (secondary N) is 2. The molecule has 0 aliphatic carbocycles. The van der Waals surface area contributed by atoms with Crippen LogP contribution in [0.1, 0.15) is 12.5 Å². The van der Waals surface area contributed by atoms with Gasteiger partial charge in [-0.2, -0.15) is 13.2 Å². The number of urea groups is 1. The van der Waals surface area contributed by atoms with Gasteiger partial charge in [0.05, 0.1) is 36.7 Å². The number of carbonyl (C=O) groups excluding carboxylic acids is 2. The maximum atomic E-state index is 12.9. The lowest BCUT2D eigenvalue weighted by Gasteiger charge is -2.36. The summed E-state index contributed by atoms with van der Waals surface area (Å²) < 4.78 is 38.6. The third kappa shape index (κ3) is 4.26. The monoisotopic (exact) mass is 416 g/mol. The second-order valence-electron chi connectivity index (χ2n) is 7.05. The Hall–Kier alpha value is -2.89. The number of hydrogen-bond donors (Lipinski definition) is 2. The Kier molecular flexibility index (Phi) is 5.64. The maximum Gasteiger partial charge on any atom is 0.416 e. The molecule has 0 spiro atoms. The van der Waals surface area contributed by atoms with E-state index in [0.29, 0.717) is 45.3 Å². The van der Waals surface area contributed by atoms with Gasteiger partial charge in [0.1, 0.15) is 5.69 Å². The van der Waals surface area contributed by atoms with Crippen molar-refractivity contribution in [2.24, 2.45) is 0 Å². The first-order valence-corrected chi connectivity index (χ1v) is 9.14. The summed E-state index contributed by atoms with van der Waals surface area (Å²) in [6.07, 6.45) is -4.66. The number of nitrogens with zero attached hydrogens (tertiary/aromatic N) is 3. The van der Waals surface area contributed by atoms with Crippen molar-refractivity contribution < 1.29 is 32.6 Å². The number of nitro benzene ring substituents is 1. The zero-order valence-corrected chi connectivity index (χ0v) is 15.7. The van der Waals surface area contributed by atoms with Crippen LogP contribution >= 0.6 is 0 Å². The highest BCUT2D eigenvalue weighted by Gasteiger charge is 2.38. The van der Waals surface area contributed by atoms with Gasteiger partial charge in [-0.05, 0) is 19.1 Å². The molecule has 0 unspecified atom stereocenters. The summed E-state index contributed by atoms with van der Waals surface area (Å²) in [6.45, 7) is 4.05. The Morgan fingerprint density at radius 3 is 2.45 bits per heavy atom. The predicted molar refractivity (Wildman–Crippen MR) is 95.6 cm³/mol. The van der Waals surface area contributed by atoms with Crippen molar-refractivity contribution in [1.29, 1.82) is 0 Å². The molecular weight excluding hydrogens is 395 g/mol. The van der Waals surface area contributed by atoms with E-state index in [1.165, 1.54) is 4.90 Å². The predicted octanol–water partition coefficient (Wildman–Crippen LogP) is 0.259. The van der Waals surface area contributed by atoms with E-state index in [-0.39, 0.29) is 11.6 Å². The van der Waals surface area contributed by atoms with Crippen LogP contribution in [0.5, 0.6) is 0 Å². The average molecular weight is 416 g/mol. The fourth-order valence-corrected chi connectivity index (χ4v) is 3.67. The number of carbonyl (C=O) groups is 2. The van der Waals surface area contributed by atoms with Gasteiger partial charge in [0.2, 0.25) is 0 Å². The number of nitro groups is 1. The van der Waals surface area contributed by atoms with E-state index in [2.05, 4.69) is 5.32 Å². The number of imide groups is 1. The van der Waals surface area contributed by atoms with Crippen LogP contribution in [-0.4, -0.2) is 67.1 Å². The average Bonchev–Trinajstić information content (AvgIpc) is 3.11. The Balaban J connectivity index is 1.69. The molecule has 2 aliphatic heterocycles. The number of alkyl halides is 3. The van der Waals surface area contributed by atoms with Crippen molar-refractivity contribution in [3.8, 4) is 0 Å². The highest BCUT2D eigenvalue weighted by atomic mass is 19.4. The van der Waals surface area contributed by atoms with Crippen LogP contribution in [0.4, 0.5) is 29.3 Å². The molecule has 0 saturated carbocycles. The second-order valence-corrected chi connectivity index (χ2v) is 7.05. The third-order valence-electron chi connectivity index (χ3n) is 5.35. The van der Waals surface area contributed by atoms with Gasteiger partial charge in [0.25, 0.3) is 11.6 Å². The number of benzene rings is 1. The highest BCUT2D eigenvalue weighted by Crippen LogP contribution is 2.36. The third-order valence-corrected chi connectivity index (χ3v) is 5.35. The Bertz CT molecular complexity index is 824. The fourth-order valence-electron chi connectivity index (χ4n) is 3.67. The molecule has 2 heterocycles. The van der Waals surface area contributed by atoms with Gasteiger partial charge in [-0.15, -0.1) is 0 Å². The fraction of sp³-hybridized carbons (Fsp3) is 0.529. The van der Waals surface area contributed by atoms with Crippen LogP contribution in [0.2, 0.25) is 0 Å². The molecular formula is C17H21F3N5O4+. The van der Waals surface area contributed by atoms with Crippen LogP contribution in [0.25, 0.3) is 0 Å². The minimum absolute atomic E-state index is 0.125. The number of quaternary nitrogens is 1. The van der Waals surface area contributed by atoms with Gasteiger partial charge < -0.3 is 15.1 Å². The summed E-state index contributed by atoms with van der Waals surface area (Å²) in [7, 11) is 0. The van der Waals surface area contributed by atoms with E-state index in [4.69, 9.17) is 0 Å². The molecule has 29 heavy (non-hydrogen) atoms. The zero-order valence-electron chi connectivity index (χ0n) is 15.7. The Labute approximate surface area is 164 Å². The van der Waals surface area contributed by atoms with Crippen molar-refractivity contribution in [2.75, 3.05) is 44.2 Å². The summed E-state index contributed by atoms with van der Waals surface area (Å²) in [6, 6.07) is 1.62. The number of hydrogen-bond acceptors (Lipinski definition) is 5. The van der Waals surface area contributed by atoms with Gasteiger partial charge in [-0.3, -0.25) is 19.8 Å². The van der Waals surface area contributed by atoms with Crippen LogP contribution in [0, 0.1) is 10.1 Å². The van der Waals surface area contributed by atoms with Crippen LogP contribution in [0.3, 0.4) is 0 Å². The summed E-state index contributed by atoms with van der Waals surface area (Å²) >= 11 is 0. The van der Waals surface area contributed by atoms with Crippen molar-refractivity contribution in [2.45, 2.75) is 19.1 Å².